The summed E-state index contributed by atoms with van der Waals surface area (Å²) in [4.78, 5) is 13.8. The van der Waals surface area contributed by atoms with Gasteiger partial charge in [-0.15, -0.1) is 0 Å². The van der Waals surface area contributed by atoms with Gasteiger partial charge in [-0.3, -0.25) is 10.1 Å². The molecule has 1 aromatic rings. The van der Waals surface area contributed by atoms with E-state index in [1.807, 2.05) is 56.2 Å². The van der Waals surface area contributed by atoms with Crippen LogP contribution in [-0.2, 0) is 0 Å². The first-order valence-corrected chi connectivity index (χ1v) is 5.22. The molecule has 0 saturated carbocycles. The highest BCUT2D eigenvalue weighted by Gasteiger charge is 2.07. The molecule has 17 heavy (non-hydrogen) atoms. The van der Waals surface area contributed by atoms with Crippen LogP contribution < -0.4 is 9.80 Å². The molecule has 0 N–H and O–H groups in total. The lowest BCUT2D eigenvalue weighted by Crippen LogP contribution is -2.16. The van der Waals surface area contributed by atoms with E-state index in [1.165, 1.54) is 6.08 Å². The normalized spacial score (nSPS) is 10.6. The molecule has 0 aromatic heterocycles. The summed E-state index contributed by atoms with van der Waals surface area (Å²) in [6, 6.07) is 5.74. The van der Waals surface area contributed by atoms with Gasteiger partial charge in [0.2, 0.25) is 6.20 Å². The number of rotatable bonds is 4. The summed E-state index contributed by atoms with van der Waals surface area (Å²) in [7, 11) is 7.83. The van der Waals surface area contributed by atoms with Crippen molar-refractivity contribution in [1.82, 2.24) is 0 Å². The number of hydrogen-bond acceptors (Lipinski definition) is 4. The summed E-state index contributed by atoms with van der Waals surface area (Å²) in [5.41, 5.74) is 2.92. The summed E-state index contributed by atoms with van der Waals surface area (Å²) < 4.78 is 0. The smallest absolute Gasteiger partial charge is 0.235 e. The van der Waals surface area contributed by atoms with E-state index in [1.54, 1.807) is 0 Å². The van der Waals surface area contributed by atoms with Crippen molar-refractivity contribution in [3.8, 4) is 0 Å². The Morgan fingerprint density at radius 2 is 1.71 bits per heavy atom. The van der Waals surface area contributed by atoms with E-state index in [-0.39, 0.29) is 0 Å². The highest BCUT2D eigenvalue weighted by atomic mass is 16.6. The average Bonchev–Trinajstić information content (AvgIpc) is 2.25. The molecule has 0 unspecified atom stereocenters. The van der Waals surface area contributed by atoms with Gasteiger partial charge in [0.25, 0.3) is 0 Å². The lowest BCUT2D eigenvalue weighted by molar-refractivity contribution is -0.400. The van der Waals surface area contributed by atoms with E-state index >= 15 is 0 Å². The van der Waals surface area contributed by atoms with Crippen molar-refractivity contribution >= 4 is 17.5 Å². The van der Waals surface area contributed by atoms with E-state index in [4.69, 9.17) is 0 Å². The first kappa shape index (κ1) is 13.0. The molecule has 0 spiro atoms. The molecule has 1 rings (SSSR count). The van der Waals surface area contributed by atoms with E-state index < -0.39 is 4.92 Å². The Morgan fingerprint density at radius 3 is 2.18 bits per heavy atom. The molecule has 0 atom stereocenters. The lowest BCUT2D eigenvalue weighted by Gasteiger charge is -2.22. The second kappa shape index (κ2) is 5.34. The Bertz CT molecular complexity index is 439. The van der Waals surface area contributed by atoms with Gasteiger partial charge >= 0.3 is 0 Å². The Labute approximate surface area is 101 Å². The third kappa shape index (κ3) is 3.48. The van der Waals surface area contributed by atoms with Crippen molar-refractivity contribution in [2.45, 2.75) is 0 Å². The molecule has 0 aliphatic heterocycles. The third-order valence-electron chi connectivity index (χ3n) is 2.35. The number of nitro groups is 1. The van der Waals surface area contributed by atoms with Crippen LogP contribution >= 0.6 is 0 Å². The standard InChI is InChI=1S/C12H17N3O2/c1-13(2)11-6-5-10(7-8-15(16)17)9-12(11)14(3)4/h5-9H,1-4H3/b8-7+. The van der Waals surface area contributed by atoms with Crippen molar-refractivity contribution < 1.29 is 4.92 Å². The SMILES string of the molecule is CN(C)c1ccc(/C=C/[N+](=O)[O-])cc1N(C)C. The summed E-state index contributed by atoms with van der Waals surface area (Å²) >= 11 is 0. The molecular formula is C12H17N3O2. The summed E-state index contributed by atoms with van der Waals surface area (Å²) in [6.07, 6.45) is 2.44. The maximum absolute atomic E-state index is 10.3. The predicted octanol–water partition coefficient (Wildman–Crippen LogP) is 2.07. The van der Waals surface area contributed by atoms with E-state index in [9.17, 15) is 10.1 Å². The maximum atomic E-state index is 10.3. The van der Waals surface area contributed by atoms with Crippen LogP contribution in [-0.4, -0.2) is 33.1 Å². The Morgan fingerprint density at radius 1 is 1.12 bits per heavy atom. The van der Waals surface area contributed by atoms with E-state index in [0.717, 1.165) is 23.1 Å². The molecule has 0 fully saturated rings. The van der Waals surface area contributed by atoms with Gasteiger partial charge in [0.1, 0.15) is 0 Å². The van der Waals surface area contributed by atoms with Gasteiger partial charge in [0.05, 0.1) is 16.3 Å². The first-order chi connectivity index (χ1) is 7.91. The van der Waals surface area contributed by atoms with Crippen LogP contribution in [0.2, 0.25) is 0 Å². The highest BCUT2D eigenvalue weighted by molar-refractivity contribution is 5.74. The van der Waals surface area contributed by atoms with Crippen LogP contribution in [0.1, 0.15) is 5.56 Å². The largest absolute Gasteiger partial charge is 0.376 e. The molecule has 0 saturated heterocycles. The van der Waals surface area contributed by atoms with Crippen molar-refractivity contribution in [2.75, 3.05) is 38.0 Å². The van der Waals surface area contributed by atoms with Crippen molar-refractivity contribution in [2.24, 2.45) is 0 Å². The number of anilines is 2. The molecule has 0 aliphatic carbocycles. The molecule has 92 valence electrons. The second-order valence-corrected chi connectivity index (χ2v) is 4.14. The maximum Gasteiger partial charge on any atom is 0.235 e. The van der Waals surface area contributed by atoms with Gasteiger partial charge in [-0.25, -0.2) is 0 Å². The molecule has 0 radical (unpaired) electrons. The van der Waals surface area contributed by atoms with Crippen molar-refractivity contribution in [3.05, 3.63) is 40.1 Å². The fourth-order valence-corrected chi connectivity index (χ4v) is 1.53. The van der Waals surface area contributed by atoms with Gasteiger partial charge in [-0.05, 0) is 17.7 Å². The zero-order valence-corrected chi connectivity index (χ0v) is 10.5. The van der Waals surface area contributed by atoms with E-state index in [0.29, 0.717) is 0 Å². The van der Waals surface area contributed by atoms with Gasteiger partial charge in [-0.1, -0.05) is 6.07 Å². The van der Waals surface area contributed by atoms with E-state index in [2.05, 4.69) is 0 Å². The highest BCUT2D eigenvalue weighted by Crippen LogP contribution is 2.28. The van der Waals surface area contributed by atoms with Gasteiger partial charge < -0.3 is 9.80 Å². The molecule has 5 nitrogen and oxygen atoms in total. The van der Waals surface area contributed by atoms with Crippen molar-refractivity contribution in [1.29, 1.82) is 0 Å². The number of nitrogens with zero attached hydrogens (tertiary/aromatic N) is 3. The van der Waals surface area contributed by atoms with Gasteiger partial charge in [0, 0.05) is 34.3 Å². The summed E-state index contributed by atoms with van der Waals surface area (Å²) in [6.45, 7) is 0. The van der Waals surface area contributed by atoms with Crippen LogP contribution in [0.3, 0.4) is 0 Å². The van der Waals surface area contributed by atoms with Crippen LogP contribution in [0.5, 0.6) is 0 Å². The minimum Gasteiger partial charge on any atom is -0.376 e. The molecule has 1 aromatic carbocycles. The Balaban J connectivity index is 3.14. The number of benzene rings is 1. The zero-order valence-electron chi connectivity index (χ0n) is 10.5. The second-order valence-electron chi connectivity index (χ2n) is 4.14. The molecule has 0 heterocycles. The quantitative estimate of drug-likeness (QED) is 0.592. The predicted molar refractivity (Wildman–Crippen MR) is 71.1 cm³/mol. The van der Waals surface area contributed by atoms with Crippen LogP contribution in [0.4, 0.5) is 11.4 Å². The minimum absolute atomic E-state index is 0.463. The molecular weight excluding hydrogens is 218 g/mol. The molecule has 0 bridgehead atoms. The topological polar surface area (TPSA) is 49.6 Å². The Hall–Kier alpha value is -2.04. The van der Waals surface area contributed by atoms with Crippen LogP contribution in [0.15, 0.2) is 24.4 Å². The summed E-state index contributed by atoms with van der Waals surface area (Å²) in [5, 5.41) is 10.3. The molecule has 5 heteroatoms. The average molecular weight is 235 g/mol. The van der Waals surface area contributed by atoms with Gasteiger partial charge in [0.15, 0.2) is 0 Å². The Kier molecular flexibility index (Phi) is 4.09. The zero-order chi connectivity index (χ0) is 13.0. The van der Waals surface area contributed by atoms with Gasteiger partial charge in [-0.2, -0.15) is 0 Å². The fourth-order valence-electron chi connectivity index (χ4n) is 1.53. The minimum atomic E-state index is -0.463. The third-order valence-corrected chi connectivity index (χ3v) is 2.35. The fraction of sp³-hybridized carbons (Fsp3) is 0.333. The lowest BCUT2D eigenvalue weighted by atomic mass is 10.1. The van der Waals surface area contributed by atoms with Crippen LogP contribution in [0.25, 0.3) is 6.08 Å². The first-order valence-electron chi connectivity index (χ1n) is 5.22. The summed E-state index contributed by atoms with van der Waals surface area (Å²) in [5.74, 6) is 0. The van der Waals surface area contributed by atoms with Crippen molar-refractivity contribution in [3.63, 3.8) is 0 Å². The molecule has 0 amide bonds. The number of hydrogen-bond donors (Lipinski definition) is 0. The van der Waals surface area contributed by atoms with Crippen LogP contribution in [0, 0.1) is 10.1 Å². The monoisotopic (exact) mass is 235 g/mol. The molecule has 0 aliphatic rings.